The zero-order chi connectivity index (χ0) is 18.1. The van der Waals surface area contributed by atoms with Crippen molar-refractivity contribution >= 4 is 17.7 Å². The maximum atomic E-state index is 13.2. The predicted molar refractivity (Wildman–Crippen MR) is 72.4 cm³/mol. The Balaban J connectivity index is 2.14. The highest BCUT2D eigenvalue weighted by atomic mass is 19.4. The number of anilines is 1. The van der Waals surface area contributed by atoms with Crippen LogP contribution in [0, 0.1) is 29.0 Å². The number of carbonyl (C=O) groups excluding carboxylic acids is 1. The van der Waals surface area contributed by atoms with E-state index in [4.69, 9.17) is 10.4 Å². The van der Waals surface area contributed by atoms with Crippen LogP contribution in [0.4, 0.5) is 28.0 Å². The van der Waals surface area contributed by atoms with Crippen molar-refractivity contribution in [3.63, 3.8) is 0 Å². The molecule has 0 bridgehead atoms. The van der Waals surface area contributed by atoms with Crippen LogP contribution in [-0.4, -0.2) is 41.3 Å². The molecule has 24 heavy (non-hydrogen) atoms. The normalized spacial score (nSPS) is 20.5. The van der Waals surface area contributed by atoms with E-state index in [-0.39, 0.29) is 11.3 Å². The lowest BCUT2D eigenvalue weighted by molar-refractivity contribution is -0.187. The van der Waals surface area contributed by atoms with Gasteiger partial charge in [-0.15, -0.1) is 0 Å². The number of rotatable bonds is 2. The molecule has 0 unspecified atom stereocenters. The zero-order valence-electron chi connectivity index (χ0n) is 12.0. The van der Waals surface area contributed by atoms with Crippen molar-refractivity contribution in [2.75, 3.05) is 18.4 Å². The molecule has 0 saturated carbocycles. The molecular formula is C14H11F4N3O3. The van der Waals surface area contributed by atoms with Crippen LogP contribution in [0.15, 0.2) is 18.2 Å². The Morgan fingerprint density at radius 1 is 1.33 bits per heavy atom. The highest BCUT2D eigenvalue weighted by Gasteiger charge is 2.53. The number of halogens is 4. The first-order chi connectivity index (χ1) is 11.1. The summed E-state index contributed by atoms with van der Waals surface area (Å²) in [5, 5.41) is 19.8. The van der Waals surface area contributed by atoms with Gasteiger partial charge in [-0.3, -0.25) is 4.79 Å². The van der Waals surface area contributed by atoms with E-state index in [0.29, 0.717) is 0 Å². The number of hydrogen-bond donors (Lipinski definition) is 2. The second-order valence-corrected chi connectivity index (χ2v) is 5.23. The molecule has 1 aliphatic rings. The van der Waals surface area contributed by atoms with Gasteiger partial charge in [0.15, 0.2) is 0 Å². The predicted octanol–water partition coefficient (Wildman–Crippen LogP) is 2.42. The summed E-state index contributed by atoms with van der Waals surface area (Å²) in [6, 6.07) is 3.70. The first-order valence-corrected chi connectivity index (χ1v) is 6.68. The van der Waals surface area contributed by atoms with Crippen LogP contribution in [0.25, 0.3) is 0 Å². The van der Waals surface area contributed by atoms with Crippen LogP contribution in [-0.2, 0) is 4.79 Å². The summed E-state index contributed by atoms with van der Waals surface area (Å²) >= 11 is 0. The minimum Gasteiger partial charge on any atom is -0.481 e. The lowest BCUT2D eigenvalue weighted by Gasteiger charge is -2.18. The van der Waals surface area contributed by atoms with Crippen LogP contribution in [0.2, 0.25) is 0 Å². The molecule has 2 N–H and O–H groups in total. The molecule has 1 aromatic carbocycles. The van der Waals surface area contributed by atoms with Gasteiger partial charge in [0, 0.05) is 18.8 Å². The Kier molecular flexibility index (Phi) is 4.64. The summed E-state index contributed by atoms with van der Waals surface area (Å²) in [7, 11) is 0. The van der Waals surface area contributed by atoms with Crippen molar-refractivity contribution in [2.45, 2.75) is 6.18 Å². The summed E-state index contributed by atoms with van der Waals surface area (Å²) in [5.41, 5.74) is -0.328. The number of alkyl halides is 3. The third-order valence-electron chi connectivity index (χ3n) is 3.68. The molecule has 1 fully saturated rings. The van der Waals surface area contributed by atoms with Crippen LogP contribution in [0.1, 0.15) is 5.56 Å². The highest BCUT2D eigenvalue weighted by molar-refractivity contribution is 5.90. The number of nitrogens with one attached hydrogen (secondary N) is 1. The zero-order valence-corrected chi connectivity index (χ0v) is 12.0. The fourth-order valence-electron chi connectivity index (χ4n) is 2.44. The van der Waals surface area contributed by atoms with Gasteiger partial charge in [0.1, 0.15) is 11.9 Å². The summed E-state index contributed by atoms with van der Waals surface area (Å²) in [6.45, 7) is -1.39. The Labute approximate surface area is 133 Å². The number of carboxylic acids is 1. The number of carbonyl (C=O) groups is 2. The van der Waals surface area contributed by atoms with Gasteiger partial charge in [0.05, 0.1) is 17.4 Å². The van der Waals surface area contributed by atoms with Crippen molar-refractivity contribution in [3.05, 3.63) is 29.6 Å². The third-order valence-corrected chi connectivity index (χ3v) is 3.68. The van der Waals surface area contributed by atoms with E-state index in [1.165, 1.54) is 0 Å². The minimum atomic E-state index is -4.75. The van der Waals surface area contributed by atoms with E-state index < -0.39 is 48.9 Å². The number of urea groups is 1. The van der Waals surface area contributed by atoms with Gasteiger partial charge < -0.3 is 15.3 Å². The molecule has 1 aliphatic heterocycles. The molecule has 1 saturated heterocycles. The standard InChI is InChI=1S/C14H11F4N3O3/c15-11-2-1-8(3-7(11)4-19)20-13(24)21-5-9(12(22)23)10(6-21)14(16,17)18/h1-3,9-10H,5-6H2,(H,20,24)(H,22,23)/t9-,10-/m1/s1. The van der Waals surface area contributed by atoms with Crippen LogP contribution in [0.5, 0.6) is 0 Å². The Bertz CT molecular complexity index is 714. The minimum absolute atomic E-state index is 0.0142. The molecule has 10 heteroatoms. The van der Waals surface area contributed by atoms with Gasteiger partial charge in [0.2, 0.25) is 0 Å². The molecule has 2 rings (SSSR count). The van der Waals surface area contributed by atoms with E-state index in [9.17, 15) is 27.2 Å². The van der Waals surface area contributed by atoms with Crippen LogP contribution >= 0.6 is 0 Å². The molecule has 0 aromatic heterocycles. The molecule has 0 aliphatic carbocycles. The second kappa shape index (κ2) is 6.35. The summed E-state index contributed by atoms with van der Waals surface area (Å²) in [6.07, 6.45) is -4.75. The van der Waals surface area contributed by atoms with E-state index in [1.807, 2.05) is 0 Å². The van der Waals surface area contributed by atoms with E-state index in [0.717, 1.165) is 23.1 Å². The number of hydrogen-bond acceptors (Lipinski definition) is 3. The molecule has 128 valence electrons. The molecule has 0 radical (unpaired) electrons. The van der Waals surface area contributed by atoms with Crippen molar-refractivity contribution < 1.29 is 32.3 Å². The van der Waals surface area contributed by atoms with E-state index in [1.54, 1.807) is 6.07 Å². The lowest BCUT2D eigenvalue weighted by atomic mass is 9.96. The SMILES string of the molecule is N#Cc1cc(NC(=O)N2C[C@@H](C(F)(F)F)[C@H](C(=O)O)C2)ccc1F. The average molecular weight is 345 g/mol. The first-order valence-electron chi connectivity index (χ1n) is 6.68. The van der Waals surface area contributed by atoms with Gasteiger partial charge >= 0.3 is 18.2 Å². The number of amides is 2. The molecule has 2 atom stereocenters. The molecule has 0 spiro atoms. The Hall–Kier alpha value is -2.83. The molecular weight excluding hydrogens is 334 g/mol. The quantitative estimate of drug-likeness (QED) is 0.805. The second-order valence-electron chi connectivity index (χ2n) is 5.23. The van der Waals surface area contributed by atoms with Gasteiger partial charge in [-0.05, 0) is 18.2 Å². The summed E-state index contributed by atoms with van der Waals surface area (Å²) in [5.74, 6) is -6.36. The molecule has 1 aromatic rings. The molecule has 2 amide bonds. The van der Waals surface area contributed by atoms with Crippen molar-refractivity contribution in [1.29, 1.82) is 5.26 Å². The van der Waals surface area contributed by atoms with Crippen LogP contribution in [0.3, 0.4) is 0 Å². The summed E-state index contributed by atoms with van der Waals surface area (Å²) in [4.78, 5) is 23.7. The third kappa shape index (κ3) is 3.56. The van der Waals surface area contributed by atoms with Gasteiger partial charge in [0.25, 0.3) is 0 Å². The lowest BCUT2D eigenvalue weighted by Crippen LogP contribution is -2.35. The van der Waals surface area contributed by atoms with Crippen molar-refractivity contribution in [1.82, 2.24) is 4.90 Å². The van der Waals surface area contributed by atoms with Crippen LogP contribution < -0.4 is 5.32 Å². The molecule has 1 heterocycles. The monoisotopic (exact) mass is 345 g/mol. The van der Waals surface area contributed by atoms with Gasteiger partial charge in [-0.1, -0.05) is 0 Å². The largest absolute Gasteiger partial charge is 0.481 e. The smallest absolute Gasteiger partial charge is 0.394 e. The van der Waals surface area contributed by atoms with Crippen molar-refractivity contribution in [3.8, 4) is 6.07 Å². The number of nitriles is 1. The first kappa shape index (κ1) is 17.5. The Morgan fingerprint density at radius 3 is 2.50 bits per heavy atom. The highest BCUT2D eigenvalue weighted by Crippen LogP contribution is 2.37. The topological polar surface area (TPSA) is 93.4 Å². The Morgan fingerprint density at radius 2 is 2.00 bits per heavy atom. The number of carboxylic acid groups (broad SMARTS) is 1. The number of likely N-dealkylation sites (tertiary alicyclic amines) is 1. The van der Waals surface area contributed by atoms with E-state index >= 15 is 0 Å². The average Bonchev–Trinajstić information content (AvgIpc) is 2.95. The number of nitrogens with zero attached hydrogens (tertiary/aromatic N) is 2. The fraction of sp³-hybridized carbons (Fsp3) is 0.357. The van der Waals surface area contributed by atoms with Crippen molar-refractivity contribution in [2.24, 2.45) is 11.8 Å². The maximum absolute atomic E-state index is 13.2. The van der Waals surface area contributed by atoms with Gasteiger partial charge in [-0.25, -0.2) is 9.18 Å². The van der Waals surface area contributed by atoms with Gasteiger partial charge in [-0.2, -0.15) is 18.4 Å². The summed E-state index contributed by atoms with van der Waals surface area (Å²) < 4.78 is 51.8. The number of aliphatic carboxylic acids is 1. The molecule has 6 nitrogen and oxygen atoms in total. The van der Waals surface area contributed by atoms with E-state index in [2.05, 4.69) is 5.32 Å². The maximum Gasteiger partial charge on any atom is 0.394 e. The number of benzene rings is 1. The fourth-order valence-corrected chi connectivity index (χ4v) is 2.44.